The summed E-state index contributed by atoms with van der Waals surface area (Å²) in [6.07, 6.45) is 4.93. The van der Waals surface area contributed by atoms with E-state index in [9.17, 15) is 0 Å². The van der Waals surface area contributed by atoms with Gasteiger partial charge in [0.25, 0.3) is 0 Å². The maximum atomic E-state index is 8.84. The van der Waals surface area contributed by atoms with E-state index in [1.807, 2.05) is 0 Å². The van der Waals surface area contributed by atoms with Crippen LogP contribution in [0.15, 0.2) is 18.2 Å². The maximum absolute atomic E-state index is 8.84. The minimum Gasteiger partial charge on any atom is -0.502 e. The molecule has 0 atom stereocenters. The molecule has 1 aliphatic rings. The second-order valence-electron chi connectivity index (χ2n) is 4.00. The zero-order valence-corrected chi connectivity index (χ0v) is 9.40. The predicted molar refractivity (Wildman–Crippen MR) is 59.9 cm³/mol. The van der Waals surface area contributed by atoms with Gasteiger partial charge in [-0.25, -0.2) is 0 Å². The van der Waals surface area contributed by atoms with E-state index in [4.69, 9.17) is 15.0 Å². The van der Waals surface area contributed by atoms with Crippen molar-refractivity contribution in [3.8, 4) is 11.5 Å². The van der Waals surface area contributed by atoms with Gasteiger partial charge in [-0.1, -0.05) is 0 Å². The molecule has 1 aromatic carbocycles. The highest BCUT2D eigenvalue weighted by atomic mass is 16.5. The lowest BCUT2D eigenvalue weighted by atomic mass is 10.2. The first kappa shape index (κ1) is 10.9. The number of benzene rings is 1. The molecule has 0 radical (unpaired) electrons. The Labute approximate surface area is 95.1 Å². The third-order valence-electron chi connectivity index (χ3n) is 2.89. The van der Waals surface area contributed by atoms with Gasteiger partial charge >= 0.3 is 0 Å². The van der Waals surface area contributed by atoms with E-state index in [1.165, 1.54) is 12.8 Å². The predicted octanol–water partition coefficient (Wildman–Crippen LogP) is 1.75. The Morgan fingerprint density at radius 1 is 1.25 bits per heavy atom. The summed E-state index contributed by atoms with van der Waals surface area (Å²) >= 11 is 0. The van der Waals surface area contributed by atoms with E-state index in [-0.39, 0.29) is 6.10 Å². The summed E-state index contributed by atoms with van der Waals surface area (Å²) in [5.41, 5.74) is 9.45. The molecule has 0 bridgehead atoms. The van der Waals surface area contributed by atoms with Gasteiger partial charge < -0.3 is 15.0 Å². The van der Waals surface area contributed by atoms with Gasteiger partial charge in [-0.3, -0.25) is 5.11 Å². The van der Waals surface area contributed by atoms with Gasteiger partial charge in [0.05, 0.1) is 19.3 Å². The third kappa shape index (κ3) is 2.32. The molecule has 0 aromatic heterocycles. The van der Waals surface area contributed by atoms with E-state index >= 15 is 0 Å². The van der Waals surface area contributed by atoms with E-state index in [0.29, 0.717) is 17.2 Å². The van der Waals surface area contributed by atoms with E-state index in [2.05, 4.69) is 5.11 Å². The number of methoxy groups -OCH3 is 1. The standard InChI is InChI=1S/C12H16N2O2/c1-15-11-7-6-9(14-13)8-12(11)16-10-4-2-3-5-10/h6-8,10,14H,2-5H2,1H3. The average Bonchev–Trinajstić information content (AvgIpc) is 2.82. The molecule has 1 saturated carbocycles. The smallest absolute Gasteiger partial charge is 0.196 e. The summed E-state index contributed by atoms with van der Waals surface area (Å²) in [5.74, 6) is 1.39. The van der Waals surface area contributed by atoms with Crippen molar-refractivity contribution in [3.63, 3.8) is 0 Å². The lowest BCUT2D eigenvalue weighted by Gasteiger charge is -2.15. The van der Waals surface area contributed by atoms with Gasteiger partial charge in [-0.2, -0.15) is 0 Å². The van der Waals surface area contributed by atoms with Crippen LogP contribution in [0.3, 0.4) is 0 Å². The highest BCUT2D eigenvalue weighted by Gasteiger charge is 2.18. The Balaban J connectivity index is 2.18. The quantitative estimate of drug-likeness (QED) is 0.786. The Morgan fingerprint density at radius 2 is 2.00 bits per heavy atom. The molecule has 2 rings (SSSR count). The number of ether oxygens (including phenoxy) is 2. The van der Waals surface area contributed by atoms with E-state index in [0.717, 1.165) is 12.8 Å². The molecule has 86 valence electrons. The molecule has 0 aliphatic heterocycles. The van der Waals surface area contributed by atoms with Crippen LogP contribution < -0.4 is 14.6 Å². The van der Waals surface area contributed by atoms with Crippen LogP contribution in [0.5, 0.6) is 11.5 Å². The van der Waals surface area contributed by atoms with Crippen LogP contribution in [0.25, 0.3) is 5.53 Å². The summed E-state index contributed by atoms with van der Waals surface area (Å²) in [6, 6.07) is 5.26. The van der Waals surface area contributed by atoms with Gasteiger partial charge in [0, 0.05) is 6.07 Å². The number of hydrogen-bond donors (Lipinski definition) is 1. The van der Waals surface area contributed by atoms with Crippen molar-refractivity contribution in [3.05, 3.63) is 23.7 Å². The van der Waals surface area contributed by atoms with Crippen molar-refractivity contribution in [2.24, 2.45) is 0 Å². The number of nitrogens with one attached hydrogen (secondary N) is 1. The molecule has 0 spiro atoms. The summed E-state index contributed by atoms with van der Waals surface area (Å²) in [5, 5.41) is 2.11. The van der Waals surface area contributed by atoms with E-state index < -0.39 is 0 Å². The number of rotatable bonds is 4. The summed E-state index contributed by atoms with van der Waals surface area (Å²) in [7, 11) is 1.61. The first-order chi connectivity index (χ1) is 7.83. The fraction of sp³-hybridized carbons (Fsp3) is 0.500. The van der Waals surface area contributed by atoms with Gasteiger partial charge in [-0.15, -0.1) is 0 Å². The second kappa shape index (κ2) is 4.96. The molecule has 0 unspecified atom stereocenters. The Morgan fingerprint density at radius 3 is 2.62 bits per heavy atom. The zero-order chi connectivity index (χ0) is 11.4. The van der Waals surface area contributed by atoms with Crippen LogP contribution in [0.4, 0.5) is 5.69 Å². The Kier molecular flexibility index (Phi) is 3.39. The fourth-order valence-electron chi connectivity index (χ4n) is 2.02. The first-order valence-electron chi connectivity index (χ1n) is 5.58. The van der Waals surface area contributed by atoms with Crippen LogP contribution in [0, 0.1) is 0 Å². The molecular formula is C12H16N2O2. The lowest BCUT2D eigenvalue weighted by molar-refractivity contribution is -0.379. The van der Waals surface area contributed by atoms with Crippen LogP contribution >= 0.6 is 0 Å². The SMILES string of the molecule is COc1ccc([NH+]=[N-])cc1OC1CCCC1. The van der Waals surface area contributed by atoms with Crippen molar-refractivity contribution in [1.29, 1.82) is 0 Å². The molecule has 1 fully saturated rings. The van der Waals surface area contributed by atoms with E-state index in [1.54, 1.807) is 25.3 Å². The fourth-order valence-corrected chi connectivity index (χ4v) is 2.02. The van der Waals surface area contributed by atoms with Crippen LogP contribution in [-0.2, 0) is 0 Å². The van der Waals surface area contributed by atoms with Crippen LogP contribution in [0.2, 0.25) is 0 Å². The number of nitrogens with zero attached hydrogens (tertiary/aromatic N) is 1. The molecule has 4 heteroatoms. The molecule has 0 amide bonds. The van der Waals surface area contributed by atoms with Crippen molar-refractivity contribution in [2.75, 3.05) is 7.11 Å². The topological polar surface area (TPSA) is 54.7 Å². The minimum absolute atomic E-state index is 0.280. The molecule has 0 saturated heterocycles. The minimum atomic E-state index is 0.280. The van der Waals surface area contributed by atoms with Gasteiger partial charge in [0.1, 0.15) is 0 Å². The van der Waals surface area contributed by atoms with Crippen molar-refractivity contribution in [2.45, 2.75) is 31.8 Å². The second-order valence-corrected chi connectivity index (χ2v) is 4.00. The normalized spacial score (nSPS) is 16.1. The van der Waals surface area contributed by atoms with Gasteiger partial charge in [0.2, 0.25) is 0 Å². The molecular weight excluding hydrogens is 204 g/mol. The van der Waals surface area contributed by atoms with Crippen molar-refractivity contribution >= 4 is 5.69 Å². The van der Waals surface area contributed by atoms with Crippen LogP contribution in [-0.4, -0.2) is 13.2 Å². The van der Waals surface area contributed by atoms with Crippen LogP contribution in [0.1, 0.15) is 25.7 Å². The molecule has 1 N–H and O–H groups in total. The largest absolute Gasteiger partial charge is 0.502 e. The number of hydrogen-bond acceptors (Lipinski definition) is 2. The molecule has 4 nitrogen and oxygen atoms in total. The average molecular weight is 220 g/mol. The zero-order valence-electron chi connectivity index (χ0n) is 9.40. The van der Waals surface area contributed by atoms with Gasteiger partial charge in [0.15, 0.2) is 17.2 Å². The lowest BCUT2D eigenvalue weighted by Crippen LogP contribution is -2.54. The molecule has 0 heterocycles. The highest BCUT2D eigenvalue weighted by molar-refractivity contribution is 5.48. The van der Waals surface area contributed by atoms with Crippen molar-refractivity contribution < 1.29 is 14.6 Å². The first-order valence-corrected chi connectivity index (χ1v) is 5.58. The molecule has 1 aromatic rings. The monoisotopic (exact) mass is 220 g/mol. The van der Waals surface area contributed by atoms with Crippen molar-refractivity contribution in [1.82, 2.24) is 0 Å². The molecule has 1 aliphatic carbocycles. The summed E-state index contributed by atoms with van der Waals surface area (Å²) < 4.78 is 11.1. The summed E-state index contributed by atoms with van der Waals surface area (Å²) in [4.78, 5) is 0. The third-order valence-corrected chi connectivity index (χ3v) is 2.89. The maximum Gasteiger partial charge on any atom is 0.196 e. The highest BCUT2D eigenvalue weighted by Crippen LogP contribution is 2.32. The Bertz CT molecular complexity index is 373. The molecule has 16 heavy (non-hydrogen) atoms. The summed E-state index contributed by atoms with van der Waals surface area (Å²) in [6.45, 7) is 0. The Hall–Kier alpha value is -1.58. The van der Waals surface area contributed by atoms with Gasteiger partial charge in [-0.05, 0) is 31.7 Å².